The first-order valence-corrected chi connectivity index (χ1v) is 7.07. The molecule has 11 nitrogen and oxygen atoms in total. The average molecular weight is 342 g/mol. The molecule has 10 atom stereocenters. The van der Waals surface area contributed by atoms with E-state index in [9.17, 15) is 35.7 Å². The molecule has 0 bridgehead atoms. The van der Waals surface area contributed by atoms with Crippen LogP contribution in [0.15, 0.2) is 0 Å². The van der Waals surface area contributed by atoms with Gasteiger partial charge in [0.15, 0.2) is 12.6 Å². The van der Waals surface area contributed by atoms with Crippen LogP contribution in [0.25, 0.3) is 0 Å². The van der Waals surface area contributed by atoms with Crippen molar-refractivity contribution in [3.8, 4) is 0 Å². The van der Waals surface area contributed by atoms with Gasteiger partial charge < -0.3 is 55.1 Å². The van der Waals surface area contributed by atoms with Gasteiger partial charge in [-0.1, -0.05) is 0 Å². The summed E-state index contributed by atoms with van der Waals surface area (Å²) in [5.74, 6) is 0. The molecule has 0 aromatic rings. The molecule has 2 heterocycles. The molecule has 2 fully saturated rings. The SMILES string of the molecule is OC[C@@H]1O[C@H](OC[C@H]2O[C@H](O)[C@@H](O)[C@@H](O)[C@@H]2O)[C@@H](O)[C@H](O)[C@H]1O. The molecule has 0 aromatic heterocycles. The molecular weight excluding hydrogens is 320 g/mol. The highest BCUT2D eigenvalue weighted by atomic mass is 16.7. The molecule has 0 amide bonds. The molecule has 2 saturated heterocycles. The zero-order valence-electron chi connectivity index (χ0n) is 12.0. The Kier molecular flexibility index (Phi) is 6.27. The van der Waals surface area contributed by atoms with Gasteiger partial charge >= 0.3 is 0 Å². The predicted octanol–water partition coefficient (Wildman–Crippen LogP) is -5.40. The van der Waals surface area contributed by atoms with Crippen molar-refractivity contribution in [2.45, 2.75) is 61.4 Å². The largest absolute Gasteiger partial charge is 0.394 e. The normalized spacial score (nSPS) is 51.7. The molecule has 0 aliphatic carbocycles. The first-order chi connectivity index (χ1) is 10.8. The Hall–Kier alpha value is -0.440. The maximum atomic E-state index is 9.78. The summed E-state index contributed by atoms with van der Waals surface area (Å²) in [7, 11) is 0. The zero-order chi connectivity index (χ0) is 17.3. The van der Waals surface area contributed by atoms with Gasteiger partial charge in [0.05, 0.1) is 13.2 Å². The maximum Gasteiger partial charge on any atom is 0.186 e. The van der Waals surface area contributed by atoms with E-state index in [1.807, 2.05) is 0 Å². The van der Waals surface area contributed by atoms with Crippen molar-refractivity contribution in [1.29, 1.82) is 0 Å². The minimum atomic E-state index is -1.74. The van der Waals surface area contributed by atoms with Gasteiger partial charge in [-0.05, 0) is 0 Å². The average Bonchev–Trinajstić information content (AvgIpc) is 2.54. The molecular formula is C12H22O11. The Bertz CT molecular complexity index is 380. The number of aliphatic hydroxyl groups is 8. The van der Waals surface area contributed by atoms with E-state index in [1.165, 1.54) is 0 Å². The minimum Gasteiger partial charge on any atom is -0.394 e. The standard InChI is InChI=1S/C12H22O11/c13-1-3-5(14)8(17)10(19)12(23-3)21-2-4-6(15)7(16)9(18)11(20)22-4/h3-20H,1-2H2/t3-,4+,5-,6+,7-,8+,9-,10-,11-,12-/m0/s1. The Balaban J connectivity index is 1.94. The van der Waals surface area contributed by atoms with E-state index in [0.29, 0.717) is 0 Å². The van der Waals surface area contributed by atoms with Crippen molar-refractivity contribution < 1.29 is 55.1 Å². The van der Waals surface area contributed by atoms with Crippen LogP contribution < -0.4 is 0 Å². The number of rotatable bonds is 4. The summed E-state index contributed by atoms with van der Waals surface area (Å²) >= 11 is 0. The highest BCUT2D eigenvalue weighted by molar-refractivity contribution is 4.91. The summed E-state index contributed by atoms with van der Waals surface area (Å²) in [6, 6.07) is 0. The molecule has 0 aromatic carbocycles. The highest BCUT2D eigenvalue weighted by Crippen LogP contribution is 2.24. The van der Waals surface area contributed by atoms with Gasteiger partial charge in [-0.2, -0.15) is 0 Å². The van der Waals surface area contributed by atoms with E-state index < -0.39 is 74.6 Å². The first kappa shape index (κ1) is 18.9. The van der Waals surface area contributed by atoms with Crippen molar-refractivity contribution in [2.75, 3.05) is 13.2 Å². The fourth-order valence-electron chi connectivity index (χ4n) is 2.46. The molecule has 11 heteroatoms. The molecule has 0 unspecified atom stereocenters. The summed E-state index contributed by atoms with van der Waals surface area (Å²) < 4.78 is 15.1. The lowest BCUT2D eigenvalue weighted by atomic mass is 9.98. The zero-order valence-corrected chi connectivity index (χ0v) is 12.0. The van der Waals surface area contributed by atoms with Crippen molar-refractivity contribution >= 4 is 0 Å². The van der Waals surface area contributed by atoms with Crippen LogP contribution in [0.5, 0.6) is 0 Å². The molecule has 136 valence electrons. The molecule has 2 rings (SSSR count). The first-order valence-electron chi connectivity index (χ1n) is 7.07. The molecule has 0 spiro atoms. The Labute approximate surface area is 130 Å². The second-order valence-electron chi connectivity index (χ2n) is 5.57. The smallest absolute Gasteiger partial charge is 0.186 e. The summed E-state index contributed by atoms with van der Waals surface area (Å²) in [4.78, 5) is 0. The van der Waals surface area contributed by atoms with Gasteiger partial charge in [-0.25, -0.2) is 0 Å². The molecule has 2 aliphatic rings. The van der Waals surface area contributed by atoms with Crippen LogP contribution in [0.4, 0.5) is 0 Å². The Morgan fingerprint density at radius 3 is 1.83 bits per heavy atom. The minimum absolute atomic E-state index is 0.468. The number of aliphatic hydroxyl groups excluding tert-OH is 8. The third-order valence-electron chi connectivity index (χ3n) is 3.96. The summed E-state index contributed by atoms with van der Waals surface area (Å²) in [6.07, 6.45) is -15.3. The summed E-state index contributed by atoms with van der Waals surface area (Å²) in [5.41, 5.74) is 0. The van der Waals surface area contributed by atoms with Crippen molar-refractivity contribution in [3.63, 3.8) is 0 Å². The topological polar surface area (TPSA) is 190 Å². The van der Waals surface area contributed by atoms with Crippen LogP contribution in [-0.4, -0.2) is 115 Å². The maximum absolute atomic E-state index is 9.78. The van der Waals surface area contributed by atoms with Crippen molar-refractivity contribution in [3.05, 3.63) is 0 Å². The van der Waals surface area contributed by atoms with E-state index >= 15 is 0 Å². The second-order valence-corrected chi connectivity index (χ2v) is 5.57. The van der Waals surface area contributed by atoms with Gasteiger partial charge in [-0.3, -0.25) is 0 Å². The molecule has 2 aliphatic heterocycles. The van der Waals surface area contributed by atoms with E-state index in [2.05, 4.69) is 0 Å². The third-order valence-corrected chi connectivity index (χ3v) is 3.96. The highest BCUT2D eigenvalue weighted by Gasteiger charge is 2.46. The quantitative estimate of drug-likeness (QED) is 0.243. The summed E-state index contributed by atoms with van der Waals surface area (Å²) in [6.45, 7) is -1.10. The Morgan fingerprint density at radius 2 is 1.22 bits per heavy atom. The second kappa shape index (κ2) is 7.63. The van der Waals surface area contributed by atoms with Gasteiger partial charge in [0, 0.05) is 0 Å². The Morgan fingerprint density at radius 1 is 0.652 bits per heavy atom. The van der Waals surface area contributed by atoms with E-state index in [1.54, 1.807) is 0 Å². The third kappa shape index (κ3) is 3.81. The van der Waals surface area contributed by atoms with Crippen molar-refractivity contribution in [2.24, 2.45) is 0 Å². The van der Waals surface area contributed by atoms with Crippen LogP contribution >= 0.6 is 0 Å². The van der Waals surface area contributed by atoms with Crippen LogP contribution in [0.2, 0.25) is 0 Å². The lowest BCUT2D eigenvalue weighted by Gasteiger charge is -2.41. The van der Waals surface area contributed by atoms with Crippen LogP contribution in [0, 0.1) is 0 Å². The fraction of sp³-hybridized carbons (Fsp3) is 1.00. The monoisotopic (exact) mass is 342 g/mol. The molecule has 0 saturated carbocycles. The van der Waals surface area contributed by atoms with Crippen LogP contribution in [0.1, 0.15) is 0 Å². The molecule has 0 radical (unpaired) electrons. The van der Waals surface area contributed by atoms with Crippen LogP contribution in [-0.2, 0) is 14.2 Å². The van der Waals surface area contributed by atoms with Crippen molar-refractivity contribution in [1.82, 2.24) is 0 Å². The predicted molar refractivity (Wildman–Crippen MR) is 68.6 cm³/mol. The number of hydrogen-bond donors (Lipinski definition) is 8. The van der Waals surface area contributed by atoms with Gasteiger partial charge in [0.2, 0.25) is 0 Å². The van der Waals surface area contributed by atoms with E-state index in [-0.39, 0.29) is 0 Å². The summed E-state index contributed by atoms with van der Waals surface area (Å²) in [5, 5.41) is 76.1. The number of hydrogen-bond acceptors (Lipinski definition) is 11. The van der Waals surface area contributed by atoms with Gasteiger partial charge in [-0.15, -0.1) is 0 Å². The van der Waals surface area contributed by atoms with Gasteiger partial charge in [0.1, 0.15) is 48.8 Å². The number of ether oxygens (including phenoxy) is 3. The lowest BCUT2D eigenvalue weighted by molar-refractivity contribution is -0.325. The van der Waals surface area contributed by atoms with E-state index in [4.69, 9.17) is 19.3 Å². The van der Waals surface area contributed by atoms with Gasteiger partial charge in [0.25, 0.3) is 0 Å². The van der Waals surface area contributed by atoms with E-state index in [0.717, 1.165) is 0 Å². The molecule has 23 heavy (non-hydrogen) atoms. The lowest BCUT2D eigenvalue weighted by Crippen LogP contribution is -2.61. The fourth-order valence-corrected chi connectivity index (χ4v) is 2.46. The molecule has 8 N–H and O–H groups in total. The van der Waals surface area contributed by atoms with Crippen LogP contribution in [0.3, 0.4) is 0 Å².